The fourth-order valence-electron chi connectivity index (χ4n) is 1.45. The summed E-state index contributed by atoms with van der Waals surface area (Å²) in [6.45, 7) is 6.61. The van der Waals surface area contributed by atoms with E-state index in [9.17, 15) is 8.42 Å². The number of nitrogens with zero attached hydrogens (tertiary/aromatic N) is 2. The molecule has 0 saturated heterocycles. The lowest BCUT2D eigenvalue weighted by Crippen LogP contribution is -2.23. The number of hydrogen-bond donors (Lipinski definition) is 3. The third-order valence-electron chi connectivity index (χ3n) is 2.28. The fourth-order valence-corrected chi connectivity index (χ4v) is 1.84. The first kappa shape index (κ1) is 14.7. The molecule has 0 aliphatic heterocycles. The number of anilines is 2. The largest absolute Gasteiger partial charge is 0.370 e. The molecule has 8 heteroatoms. The van der Waals surface area contributed by atoms with Crippen molar-refractivity contribution in [1.82, 2.24) is 9.97 Å². The fraction of sp³-hybridized carbons (Fsp3) is 0.600. The highest BCUT2D eigenvalue weighted by molar-refractivity contribution is 7.89. The van der Waals surface area contributed by atoms with Crippen molar-refractivity contribution in [2.45, 2.75) is 20.8 Å². The van der Waals surface area contributed by atoms with Crippen LogP contribution in [-0.4, -0.2) is 37.2 Å². The second kappa shape index (κ2) is 5.96. The maximum Gasteiger partial charge on any atom is 0.210 e. The molecule has 1 aromatic rings. The highest BCUT2D eigenvalue weighted by Crippen LogP contribution is 2.19. The van der Waals surface area contributed by atoms with E-state index in [1.165, 1.54) is 0 Å². The summed E-state index contributed by atoms with van der Waals surface area (Å²) in [5.74, 6) is 1.87. The second-order valence-corrected chi connectivity index (χ2v) is 5.65. The third kappa shape index (κ3) is 4.46. The summed E-state index contributed by atoms with van der Waals surface area (Å²) >= 11 is 0. The van der Waals surface area contributed by atoms with Gasteiger partial charge in [0, 0.05) is 18.7 Å². The second-order valence-electron chi connectivity index (χ2n) is 3.92. The predicted molar refractivity (Wildman–Crippen MR) is 72.1 cm³/mol. The predicted octanol–water partition coefficient (Wildman–Crippen LogP) is 0.226. The maximum atomic E-state index is 10.8. The van der Waals surface area contributed by atoms with Crippen molar-refractivity contribution in [3.8, 4) is 0 Å². The molecule has 0 spiro atoms. The van der Waals surface area contributed by atoms with Gasteiger partial charge in [-0.15, -0.1) is 0 Å². The molecule has 4 N–H and O–H groups in total. The van der Waals surface area contributed by atoms with Gasteiger partial charge in [0.15, 0.2) is 0 Å². The standard InChI is InChI=1S/C10H19N5O2S/c1-4-12-9-7(2)10(15-8(3)14-9)13-5-6-18(11,16)17/h4-6H2,1-3H3,(H2,11,16,17)(H2,12,13,14,15). The zero-order valence-corrected chi connectivity index (χ0v) is 11.6. The molecule has 0 amide bonds. The number of nitrogens with two attached hydrogens (primary N) is 1. The average Bonchev–Trinajstić information content (AvgIpc) is 2.23. The van der Waals surface area contributed by atoms with Crippen molar-refractivity contribution in [1.29, 1.82) is 0 Å². The van der Waals surface area contributed by atoms with Gasteiger partial charge in [-0.25, -0.2) is 23.5 Å². The van der Waals surface area contributed by atoms with Gasteiger partial charge in [-0.05, 0) is 20.8 Å². The lowest BCUT2D eigenvalue weighted by Gasteiger charge is -2.13. The summed E-state index contributed by atoms with van der Waals surface area (Å²) in [4.78, 5) is 8.51. The van der Waals surface area contributed by atoms with Gasteiger partial charge in [0.1, 0.15) is 17.5 Å². The molecule has 0 bridgehead atoms. The van der Waals surface area contributed by atoms with Crippen LogP contribution >= 0.6 is 0 Å². The Hall–Kier alpha value is -1.41. The van der Waals surface area contributed by atoms with E-state index in [0.29, 0.717) is 11.6 Å². The van der Waals surface area contributed by atoms with Gasteiger partial charge < -0.3 is 10.6 Å². The molecule has 7 nitrogen and oxygen atoms in total. The number of primary sulfonamides is 1. The summed E-state index contributed by atoms with van der Waals surface area (Å²) in [7, 11) is -3.46. The summed E-state index contributed by atoms with van der Waals surface area (Å²) in [5.41, 5.74) is 0.858. The number of nitrogens with one attached hydrogen (secondary N) is 2. The first-order valence-electron chi connectivity index (χ1n) is 5.67. The lowest BCUT2D eigenvalue weighted by molar-refractivity contribution is 0.598. The van der Waals surface area contributed by atoms with E-state index in [-0.39, 0.29) is 12.3 Å². The molecule has 0 atom stereocenters. The van der Waals surface area contributed by atoms with E-state index in [0.717, 1.165) is 17.9 Å². The van der Waals surface area contributed by atoms with E-state index in [4.69, 9.17) is 5.14 Å². The van der Waals surface area contributed by atoms with E-state index in [1.807, 2.05) is 13.8 Å². The number of hydrogen-bond acceptors (Lipinski definition) is 6. The van der Waals surface area contributed by atoms with Crippen LogP contribution in [0.4, 0.5) is 11.6 Å². The van der Waals surface area contributed by atoms with Crippen LogP contribution in [0.3, 0.4) is 0 Å². The summed E-state index contributed by atoms with van der Waals surface area (Å²) < 4.78 is 21.7. The number of sulfonamides is 1. The Morgan fingerprint density at radius 1 is 1.17 bits per heavy atom. The monoisotopic (exact) mass is 273 g/mol. The van der Waals surface area contributed by atoms with E-state index in [2.05, 4.69) is 20.6 Å². The molecule has 1 heterocycles. The minimum Gasteiger partial charge on any atom is -0.370 e. The molecule has 0 radical (unpaired) electrons. The van der Waals surface area contributed by atoms with Crippen LogP contribution in [0.2, 0.25) is 0 Å². The normalized spacial score (nSPS) is 11.3. The van der Waals surface area contributed by atoms with E-state index < -0.39 is 10.0 Å². The zero-order valence-electron chi connectivity index (χ0n) is 10.8. The average molecular weight is 273 g/mol. The van der Waals surface area contributed by atoms with Crippen LogP contribution in [0.1, 0.15) is 18.3 Å². The molecular weight excluding hydrogens is 254 g/mol. The number of rotatable bonds is 6. The van der Waals surface area contributed by atoms with Crippen molar-refractivity contribution in [2.24, 2.45) is 5.14 Å². The highest BCUT2D eigenvalue weighted by Gasteiger charge is 2.09. The molecule has 0 aromatic carbocycles. The van der Waals surface area contributed by atoms with Crippen molar-refractivity contribution in [2.75, 3.05) is 29.5 Å². The Balaban J connectivity index is 2.82. The van der Waals surface area contributed by atoms with Crippen LogP contribution in [0, 0.1) is 13.8 Å². The number of aryl methyl sites for hydroxylation is 1. The van der Waals surface area contributed by atoms with Gasteiger partial charge in [-0.3, -0.25) is 0 Å². The molecule has 0 aliphatic rings. The van der Waals surface area contributed by atoms with Crippen LogP contribution < -0.4 is 15.8 Å². The Bertz CT molecular complexity index is 515. The number of aromatic nitrogens is 2. The highest BCUT2D eigenvalue weighted by atomic mass is 32.2. The first-order chi connectivity index (χ1) is 8.33. The Labute approximate surface area is 107 Å². The first-order valence-corrected chi connectivity index (χ1v) is 7.38. The van der Waals surface area contributed by atoms with Crippen LogP contribution in [-0.2, 0) is 10.0 Å². The summed E-state index contributed by atoms with van der Waals surface area (Å²) in [5, 5.41) is 11.0. The molecule has 102 valence electrons. The Morgan fingerprint density at radius 3 is 2.22 bits per heavy atom. The maximum absolute atomic E-state index is 10.8. The van der Waals surface area contributed by atoms with Gasteiger partial charge in [-0.2, -0.15) is 0 Å². The topological polar surface area (TPSA) is 110 Å². The summed E-state index contributed by atoms with van der Waals surface area (Å²) in [6, 6.07) is 0. The van der Waals surface area contributed by atoms with Crippen molar-refractivity contribution >= 4 is 21.7 Å². The SMILES string of the molecule is CCNc1nc(C)nc(NCCS(N)(=O)=O)c1C. The van der Waals surface area contributed by atoms with Gasteiger partial charge in [-0.1, -0.05) is 0 Å². The molecule has 18 heavy (non-hydrogen) atoms. The van der Waals surface area contributed by atoms with Gasteiger partial charge in [0.25, 0.3) is 0 Å². The van der Waals surface area contributed by atoms with Crippen molar-refractivity contribution in [3.63, 3.8) is 0 Å². The molecule has 0 fully saturated rings. The van der Waals surface area contributed by atoms with Gasteiger partial charge >= 0.3 is 0 Å². The van der Waals surface area contributed by atoms with E-state index in [1.54, 1.807) is 6.92 Å². The zero-order chi connectivity index (χ0) is 13.8. The molecular formula is C10H19N5O2S. The quantitative estimate of drug-likeness (QED) is 0.684. The third-order valence-corrected chi connectivity index (χ3v) is 3.05. The Morgan fingerprint density at radius 2 is 1.72 bits per heavy atom. The van der Waals surface area contributed by atoms with Crippen LogP contribution in [0.25, 0.3) is 0 Å². The smallest absolute Gasteiger partial charge is 0.210 e. The molecule has 1 rings (SSSR count). The summed E-state index contributed by atoms with van der Waals surface area (Å²) in [6.07, 6.45) is 0. The lowest BCUT2D eigenvalue weighted by atomic mass is 10.3. The van der Waals surface area contributed by atoms with E-state index >= 15 is 0 Å². The minimum absolute atomic E-state index is 0.133. The molecule has 0 saturated carbocycles. The molecule has 1 aromatic heterocycles. The van der Waals surface area contributed by atoms with Crippen LogP contribution in [0.15, 0.2) is 0 Å². The minimum atomic E-state index is -3.46. The molecule has 0 unspecified atom stereocenters. The van der Waals surface area contributed by atoms with Crippen molar-refractivity contribution in [3.05, 3.63) is 11.4 Å². The van der Waals surface area contributed by atoms with Crippen LogP contribution in [0.5, 0.6) is 0 Å². The molecule has 0 aliphatic carbocycles. The Kier molecular flexibility index (Phi) is 4.85. The van der Waals surface area contributed by atoms with Gasteiger partial charge in [0.2, 0.25) is 10.0 Å². The van der Waals surface area contributed by atoms with Crippen molar-refractivity contribution < 1.29 is 8.42 Å². The van der Waals surface area contributed by atoms with Gasteiger partial charge in [0.05, 0.1) is 5.75 Å².